The Kier molecular flexibility index (Phi) is 2.69. The predicted octanol–water partition coefficient (Wildman–Crippen LogP) is 1.98. The van der Waals surface area contributed by atoms with Crippen molar-refractivity contribution >= 4 is 12.0 Å². The van der Waals surface area contributed by atoms with Crippen molar-refractivity contribution < 1.29 is 15.0 Å². The van der Waals surface area contributed by atoms with Crippen LogP contribution in [-0.4, -0.2) is 16.2 Å². The maximum atomic E-state index is 10.3. The summed E-state index contributed by atoms with van der Waals surface area (Å²) in [5.41, 5.74) is 1.76. The van der Waals surface area contributed by atoms with E-state index < -0.39 is 11.7 Å². The Morgan fingerprint density at radius 3 is 2.23 bits per heavy atom. The van der Waals surface area contributed by atoms with E-state index in [1.165, 1.54) is 6.08 Å². The summed E-state index contributed by atoms with van der Waals surface area (Å²) < 4.78 is 0. The first-order chi connectivity index (χ1) is 6.09. The SMILES string of the molecule is Cc1ccc(/C=C(/O)C(=O)O)cc1. The average molecular weight is 178 g/mol. The molecule has 0 aliphatic carbocycles. The van der Waals surface area contributed by atoms with E-state index >= 15 is 0 Å². The van der Waals surface area contributed by atoms with E-state index in [1.807, 2.05) is 19.1 Å². The molecule has 13 heavy (non-hydrogen) atoms. The van der Waals surface area contributed by atoms with Crippen LogP contribution in [0.15, 0.2) is 30.0 Å². The van der Waals surface area contributed by atoms with Gasteiger partial charge in [0.25, 0.3) is 0 Å². The second-order valence-electron chi connectivity index (χ2n) is 2.75. The summed E-state index contributed by atoms with van der Waals surface area (Å²) in [6, 6.07) is 7.19. The third-order valence-corrected chi connectivity index (χ3v) is 1.60. The Labute approximate surface area is 76.0 Å². The quantitative estimate of drug-likeness (QED) is 0.537. The number of carboxylic acids is 1. The summed E-state index contributed by atoms with van der Waals surface area (Å²) in [5, 5.41) is 17.3. The smallest absolute Gasteiger partial charge is 0.370 e. The normalized spacial score (nSPS) is 11.3. The minimum atomic E-state index is -1.32. The molecule has 0 radical (unpaired) electrons. The fourth-order valence-corrected chi connectivity index (χ4v) is 0.882. The summed E-state index contributed by atoms with van der Waals surface area (Å²) >= 11 is 0. The zero-order valence-corrected chi connectivity index (χ0v) is 7.19. The first-order valence-corrected chi connectivity index (χ1v) is 3.80. The minimum absolute atomic E-state index is 0.649. The number of aliphatic hydroxyl groups excluding tert-OH is 1. The van der Waals surface area contributed by atoms with E-state index in [4.69, 9.17) is 10.2 Å². The average Bonchev–Trinajstić information content (AvgIpc) is 2.08. The van der Waals surface area contributed by atoms with Crippen LogP contribution in [-0.2, 0) is 4.79 Å². The zero-order chi connectivity index (χ0) is 9.84. The van der Waals surface area contributed by atoms with E-state index in [0.717, 1.165) is 5.56 Å². The monoisotopic (exact) mass is 178 g/mol. The zero-order valence-electron chi connectivity index (χ0n) is 7.19. The van der Waals surface area contributed by atoms with Crippen molar-refractivity contribution in [1.29, 1.82) is 0 Å². The number of hydrogen-bond acceptors (Lipinski definition) is 2. The van der Waals surface area contributed by atoms with Gasteiger partial charge in [-0.3, -0.25) is 0 Å². The number of rotatable bonds is 2. The van der Waals surface area contributed by atoms with Crippen LogP contribution in [0, 0.1) is 6.92 Å². The predicted molar refractivity (Wildman–Crippen MR) is 49.4 cm³/mol. The molecule has 3 nitrogen and oxygen atoms in total. The first-order valence-electron chi connectivity index (χ1n) is 3.80. The van der Waals surface area contributed by atoms with Crippen LogP contribution >= 0.6 is 0 Å². The Morgan fingerprint density at radius 1 is 1.23 bits per heavy atom. The molecule has 0 spiro atoms. The second-order valence-corrected chi connectivity index (χ2v) is 2.75. The molecule has 0 aliphatic heterocycles. The third kappa shape index (κ3) is 2.63. The molecule has 0 saturated carbocycles. The molecule has 0 unspecified atom stereocenters. The van der Waals surface area contributed by atoms with Gasteiger partial charge in [0.2, 0.25) is 5.76 Å². The molecule has 0 aliphatic rings. The van der Waals surface area contributed by atoms with Crippen LogP contribution in [0.3, 0.4) is 0 Å². The summed E-state index contributed by atoms with van der Waals surface area (Å²) in [5.74, 6) is -1.97. The molecule has 0 amide bonds. The Balaban J connectivity index is 2.92. The lowest BCUT2D eigenvalue weighted by Gasteiger charge is -1.95. The molecule has 0 saturated heterocycles. The van der Waals surface area contributed by atoms with E-state index in [1.54, 1.807) is 12.1 Å². The number of aliphatic hydroxyl groups is 1. The largest absolute Gasteiger partial charge is 0.502 e. The van der Waals surface area contributed by atoms with E-state index in [-0.39, 0.29) is 0 Å². The van der Waals surface area contributed by atoms with Gasteiger partial charge in [0.15, 0.2) is 0 Å². The highest BCUT2D eigenvalue weighted by atomic mass is 16.4. The molecule has 3 heteroatoms. The van der Waals surface area contributed by atoms with Crippen LogP contribution in [0.5, 0.6) is 0 Å². The standard InChI is InChI=1S/C10H10O3/c1-7-2-4-8(5-3-7)6-9(11)10(12)13/h2-6,11H,1H3,(H,12,13)/b9-6+. The van der Waals surface area contributed by atoms with Crippen molar-refractivity contribution in [3.8, 4) is 0 Å². The molecular weight excluding hydrogens is 168 g/mol. The Hall–Kier alpha value is -1.77. The van der Waals surface area contributed by atoms with Gasteiger partial charge in [-0.25, -0.2) is 4.79 Å². The van der Waals surface area contributed by atoms with Crippen LogP contribution < -0.4 is 0 Å². The second kappa shape index (κ2) is 3.76. The molecule has 1 aromatic carbocycles. The van der Waals surface area contributed by atoms with Gasteiger partial charge in [-0.15, -0.1) is 0 Å². The summed E-state index contributed by atoms with van der Waals surface area (Å²) in [4.78, 5) is 10.3. The van der Waals surface area contributed by atoms with Gasteiger partial charge in [-0.1, -0.05) is 29.8 Å². The number of carboxylic acid groups (broad SMARTS) is 1. The van der Waals surface area contributed by atoms with Crippen molar-refractivity contribution in [2.24, 2.45) is 0 Å². The topological polar surface area (TPSA) is 57.5 Å². The third-order valence-electron chi connectivity index (χ3n) is 1.60. The lowest BCUT2D eigenvalue weighted by atomic mass is 10.1. The van der Waals surface area contributed by atoms with Crippen LogP contribution in [0.25, 0.3) is 6.08 Å². The van der Waals surface area contributed by atoms with Gasteiger partial charge >= 0.3 is 5.97 Å². The van der Waals surface area contributed by atoms with Crippen molar-refractivity contribution in [1.82, 2.24) is 0 Å². The maximum Gasteiger partial charge on any atom is 0.370 e. The van der Waals surface area contributed by atoms with Crippen molar-refractivity contribution in [3.05, 3.63) is 41.2 Å². The minimum Gasteiger partial charge on any atom is -0.502 e. The van der Waals surface area contributed by atoms with E-state index in [2.05, 4.69) is 0 Å². The molecule has 0 fully saturated rings. The molecular formula is C10H10O3. The molecule has 2 N–H and O–H groups in total. The highest BCUT2D eigenvalue weighted by Crippen LogP contribution is 2.07. The van der Waals surface area contributed by atoms with Crippen molar-refractivity contribution in [2.45, 2.75) is 6.92 Å². The molecule has 68 valence electrons. The summed E-state index contributed by atoms with van der Waals surface area (Å²) in [7, 11) is 0. The molecule has 0 bridgehead atoms. The molecule has 1 aromatic rings. The van der Waals surface area contributed by atoms with E-state index in [0.29, 0.717) is 5.56 Å². The van der Waals surface area contributed by atoms with Gasteiger partial charge in [0.1, 0.15) is 0 Å². The van der Waals surface area contributed by atoms with Crippen molar-refractivity contribution in [2.75, 3.05) is 0 Å². The molecule has 0 aromatic heterocycles. The number of carbonyl (C=O) groups is 1. The number of aliphatic carboxylic acids is 1. The van der Waals surface area contributed by atoms with E-state index in [9.17, 15) is 4.79 Å². The van der Waals surface area contributed by atoms with Gasteiger partial charge in [0, 0.05) is 0 Å². The first kappa shape index (κ1) is 9.32. The number of aryl methyl sites for hydroxylation is 1. The molecule has 0 atom stereocenters. The van der Waals surface area contributed by atoms with Gasteiger partial charge in [0.05, 0.1) is 0 Å². The lowest BCUT2D eigenvalue weighted by molar-refractivity contribution is -0.135. The van der Waals surface area contributed by atoms with Gasteiger partial charge < -0.3 is 10.2 Å². The van der Waals surface area contributed by atoms with Gasteiger partial charge in [-0.05, 0) is 18.6 Å². The Bertz CT molecular complexity index is 336. The summed E-state index contributed by atoms with van der Waals surface area (Å²) in [6.45, 7) is 1.94. The summed E-state index contributed by atoms with van der Waals surface area (Å²) in [6.07, 6.45) is 1.21. The lowest BCUT2D eigenvalue weighted by Crippen LogP contribution is -1.98. The molecule has 0 heterocycles. The fraction of sp³-hybridized carbons (Fsp3) is 0.100. The number of hydrogen-bond donors (Lipinski definition) is 2. The maximum absolute atomic E-state index is 10.3. The molecule has 1 rings (SSSR count). The highest BCUT2D eigenvalue weighted by molar-refractivity contribution is 5.89. The van der Waals surface area contributed by atoms with Crippen LogP contribution in [0.2, 0.25) is 0 Å². The number of benzene rings is 1. The van der Waals surface area contributed by atoms with Crippen molar-refractivity contribution in [3.63, 3.8) is 0 Å². The fourth-order valence-electron chi connectivity index (χ4n) is 0.882. The highest BCUT2D eigenvalue weighted by Gasteiger charge is 2.02. The Morgan fingerprint density at radius 2 is 1.77 bits per heavy atom. The van der Waals surface area contributed by atoms with Crippen LogP contribution in [0.4, 0.5) is 0 Å². The van der Waals surface area contributed by atoms with Gasteiger partial charge in [-0.2, -0.15) is 0 Å². The van der Waals surface area contributed by atoms with Crippen LogP contribution in [0.1, 0.15) is 11.1 Å².